The van der Waals surface area contributed by atoms with E-state index in [4.69, 9.17) is 4.74 Å². The normalized spacial score (nSPS) is 12.2. The lowest BCUT2D eigenvalue weighted by atomic mass is 10.0. The van der Waals surface area contributed by atoms with Crippen LogP contribution in [0.1, 0.15) is 108 Å². The SMILES string of the molecule is CCCCCCCCCCCCCCCC(=O)N[C@@H](Cc1ccc(OCc2ccccc2)cc1)C(=O)C[P+](O)(O)O. The van der Waals surface area contributed by atoms with Crippen molar-refractivity contribution in [2.75, 3.05) is 6.16 Å². The summed E-state index contributed by atoms with van der Waals surface area (Å²) in [7, 11) is -4.29. The van der Waals surface area contributed by atoms with Crippen LogP contribution in [-0.4, -0.2) is 38.6 Å². The Morgan fingerprint density at radius 1 is 0.732 bits per heavy atom. The predicted octanol–water partition coefficient (Wildman–Crippen LogP) is 7.08. The lowest BCUT2D eigenvalue weighted by Gasteiger charge is -2.18. The number of carbonyl (C=O) groups excluding carboxylic acids is 2. The van der Waals surface area contributed by atoms with Gasteiger partial charge in [-0.15, -0.1) is 0 Å². The number of benzene rings is 2. The van der Waals surface area contributed by atoms with Gasteiger partial charge in [0.15, 0.2) is 6.16 Å². The molecule has 2 aromatic carbocycles. The monoisotopic (exact) mass is 588 g/mol. The van der Waals surface area contributed by atoms with E-state index in [1.165, 1.54) is 64.2 Å². The molecule has 2 aromatic rings. The molecule has 8 heteroatoms. The first-order valence-electron chi connectivity index (χ1n) is 15.4. The summed E-state index contributed by atoms with van der Waals surface area (Å²) in [6.07, 6.45) is 15.6. The molecular weight excluding hydrogens is 537 g/mol. The summed E-state index contributed by atoms with van der Waals surface area (Å²) < 4.78 is 5.81. The summed E-state index contributed by atoms with van der Waals surface area (Å²) in [5, 5.41) is 2.76. The standard InChI is InChI=1S/C33H50NO6P/c1-2-3-4-5-6-7-8-9-10-11-12-13-17-20-33(36)34-31(32(35)27-41(37,38)39)25-28-21-23-30(24-22-28)40-26-29-18-15-14-16-19-29/h14-16,18-19,21-24,31,37-39H,2-13,17,20,25-27H2,1H3/p+1/t31-/m0/s1. The maximum atomic E-state index is 12.7. The number of nitrogens with one attached hydrogen (secondary N) is 1. The lowest BCUT2D eigenvalue weighted by molar-refractivity contribution is -0.126. The highest BCUT2D eigenvalue weighted by Gasteiger charge is 2.37. The number of unbranched alkanes of at least 4 members (excludes halogenated alkanes) is 12. The van der Waals surface area contributed by atoms with Crippen molar-refractivity contribution in [3.63, 3.8) is 0 Å². The van der Waals surface area contributed by atoms with Crippen LogP contribution < -0.4 is 10.1 Å². The van der Waals surface area contributed by atoms with Gasteiger partial charge in [-0.25, -0.2) is 0 Å². The molecule has 1 atom stereocenters. The largest absolute Gasteiger partial charge is 0.489 e. The minimum absolute atomic E-state index is 0.183. The van der Waals surface area contributed by atoms with Gasteiger partial charge in [0.1, 0.15) is 12.4 Å². The Bertz CT molecular complexity index is 977. The van der Waals surface area contributed by atoms with E-state index < -0.39 is 25.9 Å². The molecular formula is C33H51NO6P+. The van der Waals surface area contributed by atoms with Gasteiger partial charge in [-0.05, 0) is 36.1 Å². The lowest BCUT2D eigenvalue weighted by Crippen LogP contribution is -2.43. The first-order valence-corrected chi connectivity index (χ1v) is 17.2. The molecule has 0 bridgehead atoms. The topological polar surface area (TPSA) is 116 Å². The van der Waals surface area contributed by atoms with Crippen molar-refractivity contribution in [1.29, 1.82) is 0 Å². The smallest absolute Gasteiger partial charge is 0.411 e. The van der Waals surface area contributed by atoms with E-state index in [2.05, 4.69) is 12.2 Å². The molecule has 0 saturated heterocycles. The third kappa shape index (κ3) is 17.3. The highest BCUT2D eigenvalue weighted by Crippen LogP contribution is 2.44. The first-order chi connectivity index (χ1) is 19.8. The van der Waals surface area contributed by atoms with Crippen molar-refractivity contribution in [2.24, 2.45) is 0 Å². The summed E-state index contributed by atoms with van der Waals surface area (Å²) in [6, 6.07) is 16.1. The van der Waals surface area contributed by atoms with E-state index in [0.29, 0.717) is 18.8 Å². The number of Topliss-reactive ketones (excluding diaryl/α,β-unsaturated/α-hetero) is 1. The molecule has 0 radical (unpaired) electrons. The van der Waals surface area contributed by atoms with Gasteiger partial charge in [0.05, 0.1) is 6.04 Å². The second kappa shape index (κ2) is 20.5. The third-order valence-electron chi connectivity index (χ3n) is 7.21. The van der Waals surface area contributed by atoms with E-state index in [0.717, 1.165) is 30.4 Å². The van der Waals surface area contributed by atoms with E-state index in [1.807, 2.05) is 42.5 Å². The average Bonchev–Trinajstić information content (AvgIpc) is 2.94. The van der Waals surface area contributed by atoms with Crippen LogP contribution in [-0.2, 0) is 22.6 Å². The molecule has 4 N–H and O–H groups in total. The molecule has 0 unspecified atom stereocenters. The maximum Gasteiger partial charge on any atom is 0.411 e. The minimum atomic E-state index is -4.29. The number of carbonyl (C=O) groups is 2. The van der Waals surface area contributed by atoms with Gasteiger partial charge in [0, 0.05) is 6.42 Å². The van der Waals surface area contributed by atoms with Crippen LogP contribution >= 0.6 is 7.94 Å². The Kier molecular flexibility index (Phi) is 17.5. The Hall–Kier alpha value is -2.31. The Morgan fingerprint density at radius 2 is 1.27 bits per heavy atom. The van der Waals surface area contributed by atoms with Crippen LogP contribution in [0.4, 0.5) is 0 Å². The molecule has 0 aliphatic rings. The van der Waals surface area contributed by atoms with E-state index in [9.17, 15) is 24.3 Å². The quantitative estimate of drug-likeness (QED) is 0.0814. The fourth-order valence-corrected chi connectivity index (χ4v) is 5.47. The summed E-state index contributed by atoms with van der Waals surface area (Å²) in [5.74, 6) is -0.168. The van der Waals surface area contributed by atoms with E-state index in [1.54, 1.807) is 12.1 Å². The molecule has 0 aliphatic heterocycles. The summed E-state index contributed by atoms with van der Waals surface area (Å²) >= 11 is 0. The molecule has 7 nitrogen and oxygen atoms in total. The zero-order valence-electron chi connectivity index (χ0n) is 24.8. The van der Waals surface area contributed by atoms with E-state index >= 15 is 0 Å². The van der Waals surface area contributed by atoms with Crippen LogP contribution in [0.5, 0.6) is 5.75 Å². The van der Waals surface area contributed by atoms with Crippen LogP contribution in [0.2, 0.25) is 0 Å². The van der Waals surface area contributed by atoms with Gasteiger partial charge in [0.2, 0.25) is 11.7 Å². The molecule has 1 amide bonds. The van der Waals surface area contributed by atoms with Crippen molar-refractivity contribution >= 4 is 19.6 Å². The van der Waals surface area contributed by atoms with Gasteiger partial charge in [-0.2, -0.15) is 14.7 Å². The molecule has 2 rings (SSSR count). The van der Waals surface area contributed by atoms with Gasteiger partial charge in [-0.1, -0.05) is 126 Å². The van der Waals surface area contributed by atoms with Gasteiger partial charge < -0.3 is 10.1 Å². The minimum Gasteiger partial charge on any atom is -0.489 e. The summed E-state index contributed by atoms with van der Waals surface area (Å²) in [6.45, 7) is 2.68. The Labute approximate surface area is 247 Å². The molecule has 0 spiro atoms. The highest BCUT2D eigenvalue weighted by molar-refractivity contribution is 7.59. The number of hydrogen-bond donors (Lipinski definition) is 4. The van der Waals surface area contributed by atoms with Crippen LogP contribution in [0, 0.1) is 0 Å². The second-order valence-electron chi connectivity index (χ2n) is 11.1. The molecule has 0 aliphatic carbocycles. The van der Waals surface area contributed by atoms with Crippen LogP contribution in [0.3, 0.4) is 0 Å². The Morgan fingerprint density at radius 3 is 1.80 bits per heavy atom. The van der Waals surface area contributed by atoms with Crippen molar-refractivity contribution in [2.45, 2.75) is 116 Å². The molecule has 228 valence electrons. The zero-order chi connectivity index (χ0) is 29.8. The summed E-state index contributed by atoms with van der Waals surface area (Å²) in [4.78, 5) is 53.7. The number of ether oxygens (including phenoxy) is 1. The fraction of sp³-hybridized carbons (Fsp3) is 0.576. The third-order valence-corrected chi connectivity index (χ3v) is 7.95. The molecule has 0 heterocycles. The molecule has 0 aromatic heterocycles. The van der Waals surface area contributed by atoms with Crippen molar-refractivity contribution in [3.8, 4) is 5.75 Å². The second-order valence-corrected chi connectivity index (χ2v) is 12.8. The fourth-order valence-electron chi connectivity index (χ4n) is 4.83. The van der Waals surface area contributed by atoms with Crippen molar-refractivity contribution in [1.82, 2.24) is 5.32 Å². The number of ketones is 1. The number of hydrogen-bond acceptors (Lipinski definition) is 6. The number of amides is 1. The first kappa shape index (κ1) is 34.9. The molecule has 41 heavy (non-hydrogen) atoms. The Balaban J connectivity index is 1.71. The van der Waals surface area contributed by atoms with Crippen molar-refractivity contribution < 1.29 is 29.0 Å². The maximum absolute atomic E-state index is 12.7. The number of rotatable bonds is 23. The van der Waals surface area contributed by atoms with Gasteiger partial charge in [-0.3, -0.25) is 9.59 Å². The van der Waals surface area contributed by atoms with E-state index in [-0.39, 0.29) is 12.3 Å². The van der Waals surface area contributed by atoms with Gasteiger partial charge >= 0.3 is 7.94 Å². The van der Waals surface area contributed by atoms with Crippen LogP contribution in [0.15, 0.2) is 54.6 Å². The highest BCUT2D eigenvalue weighted by atomic mass is 31.2. The van der Waals surface area contributed by atoms with Crippen LogP contribution in [0.25, 0.3) is 0 Å². The zero-order valence-corrected chi connectivity index (χ0v) is 25.7. The summed E-state index contributed by atoms with van der Waals surface area (Å²) in [5.41, 5.74) is 1.84. The molecule has 0 saturated carbocycles. The predicted molar refractivity (Wildman–Crippen MR) is 167 cm³/mol. The van der Waals surface area contributed by atoms with Crippen molar-refractivity contribution in [3.05, 3.63) is 65.7 Å². The van der Waals surface area contributed by atoms with Gasteiger partial charge in [0.25, 0.3) is 0 Å². The molecule has 0 fully saturated rings. The average molecular weight is 589 g/mol.